The van der Waals surface area contributed by atoms with E-state index >= 15 is 0 Å². The van der Waals surface area contributed by atoms with Crippen molar-refractivity contribution >= 4 is 39.1 Å². The molecule has 0 saturated carbocycles. The minimum absolute atomic E-state index is 0.148. The molecule has 0 radical (unpaired) electrons. The summed E-state index contributed by atoms with van der Waals surface area (Å²) < 4.78 is 1.08. The van der Waals surface area contributed by atoms with E-state index in [1.807, 2.05) is 42.5 Å². The molecule has 1 atom stereocenters. The van der Waals surface area contributed by atoms with E-state index in [1.54, 1.807) is 0 Å². The molecule has 0 aromatic heterocycles. The molecule has 0 aliphatic heterocycles. The van der Waals surface area contributed by atoms with Gasteiger partial charge in [0.15, 0.2) is 0 Å². The zero-order valence-corrected chi connectivity index (χ0v) is 12.4. The summed E-state index contributed by atoms with van der Waals surface area (Å²) in [5.74, 6) is 0. The Kier molecular flexibility index (Phi) is 4.13. The molecule has 0 N–H and O–H groups in total. The predicted molar refractivity (Wildman–Crippen MR) is 78.0 cm³/mol. The maximum Gasteiger partial charge on any atom is 0.0838 e. The maximum atomic E-state index is 6.50. The molecule has 0 aliphatic carbocycles. The second-order valence-electron chi connectivity index (χ2n) is 3.87. The maximum absolute atomic E-state index is 6.50. The Morgan fingerprint density at radius 2 is 1.71 bits per heavy atom. The Labute approximate surface area is 120 Å². The van der Waals surface area contributed by atoms with Crippen molar-refractivity contribution in [2.45, 2.75) is 12.3 Å². The molecule has 0 aliphatic rings. The van der Waals surface area contributed by atoms with Crippen LogP contribution in [0.1, 0.15) is 22.1 Å². The Bertz CT molecular complexity index is 520. The first-order valence-corrected chi connectivity index (χ1v) is 6.85. The molecule has 0 spiro atoms. The van der Waals surface area contributed by atoms with Crippen LogP contribution >= 0.6 is 39.1 Å². The summed E-state index contributed by atoms with van der Waals surface area (Å²) in [4.78, 5) is 0. The molecule has 0 fully saturated rings. The molecule has 2 aromatic rings. The van der Waals surface area contributed by atoms with Crippen molar-refractivity contribution in [3.8, 4) is 0 Å². The quantitative estimate of drug-likeness (QED) is 0.616. The van der Waals surface area contributed by atoms with Gasteiger partial charge in [-0.1, -0.05) is 51.8 Å². The van der Waals surface area contributed by atoms with E-state index in [2.05, 4.69) is 22.9 Å². The summed E-state index contributed by atoms with van der Waals surface area (Å²) in [5.41, 5.74) is 3.34. The standard InChI is InChI=1S/C14H11BrCl2/c1-9-12(3-2-4-13(9)15)14(17)10-5-7-11(16)8-6-10/h2-8,14H,1H3. The van der Waals surface area contributed by atoms with Crippen LogP contribution in [-0.2, 0) is 0 Å². The van der Waals surface area contributed by atoms with Gasteiger partial charge in [0.1, 0.15) is 0 Å². The fraction of sp³-hybridized carbons (Fsp3) is 0.143. The number of rotatable bonds is 2. The molecular formula is C14H11BrCl2. The van der Waals surface area contributed by atoms with Gasteiger partial charge >= 0.3 is 0 Å². The van der Waals surface area contributed by atoms with Crippen molar-refractivity contribution in [3.63, 3.8) is 0 Å². The van der Waals surface area contributed by atoms with Crippen LogP contribution in [-0.4, -0.2) is 0 Å². The average molecular weight is 330 g/mol. The van der Waals surface area contributed by atoms with Gasteiger partial charge in [-0.3, -0.25) is 0 Å². The second kappa shape index (κ2) is 5.43. The molecule has 1 unspecified atom stereocenters. The van der Waals surface area contributed by atoms with Crippen LogP contribution in [0.5, 0.6) is 0 Å². The van der Waals surface area contributed by atoms with Gasteiger partial charge in [-0.15, -0.1) is 11.6 Å². The Hall–Kier alpha value is -0.500. The van der Waals surface area contributed by atoms with E-state index in [-0.39, 0.29) is 5.38 Å². The largest absolute Gasteiger partial charge is 0.113 e. The first-order chi connectivity index (χ1) is 8.09. The zero-order chi connectivity index (χ0) is 12.4. The fourth-order valence-electron chi connectivity index (χ4n) is 1.71. The Balaban J connectivity index is 2.40. The third-order valence-corrected chi connectivity index (χ3v) is 4.34. The molecule has 0 amide bonds. The fourth-order valence-corrected chi connectivity index (χ4v) is 2.60. The number of halogens is 3. The van der Waals surface area contributed by atoms with Gasteiger partial charge in [0.05, 0.1) is 5.38 Å². The predicted octanol–water partition coefficient (Wildman–Crippen LogP) is 5.74. The van der Waals surface area contributed by atoms with Crippen molar-refractivity contribution in [2.75, 3.05) is 0 Å². The average Bonchev–Trinajstić information content (AvgIpc) is 2.33. The highest BCUT2D eigenvalue weighted by Crippen LogP contribution is 2.33. The van der Waals surface area contributed by atoms with Crippen molar-refractivity contribution in [1.29, 1.82) is 0 Å². The van der Waals surface area contributed by atoms with Gasteiger partial charge < -0.3 is 0 Å². The lowest BCUT2D eigenvalue weighted by Gasteiger charge is -2.14. The molecule has 88 valence electrons. The number of hydrogen-bond acceptors (Lipinski definition) is 0. The summed E-state index contributed by atoms with van der Waals surface area (Å²) in [6.07, 6.45) is 0. The van der Waals surface area contributed by atoms with Crippen LogP contribution in [0.4, 0.5) is 0 Å². The van der Waals surface area contributed by atoms with Gasteiger partial charge in [-0.2, -0.15) is 0 Å². The first-order valence-electron chi connectivity index (χ1n) is 5.24. The summed E-state index contributed by atoms with van der Waals surface area (Å²) in [7, 11) is 0. The minimum atomic E-state index is -0.148. The lowest BCUT2D eigenvalue weighted by molar-refractivity contribution is 1.10. The highest BCUT2D eigenvalue weighted by atomic mass is 79.9. The van der Waals surface area contributed by atoms with E-state index in [0.29, 0.717) is 0 Å². The van der Waals surface area contributed by atoms with Crippen molar-refractivity contribution in [3.05, 3.63) is 68.7 Å². The zero-order valence-electron chi connectivity index (χ0n) is 9.25. The molecule has 3 heteroatoms. The van der Waals surface area contributed by atoms with Gasteiger partial charge in [0.2, 0.25) is 0 Å². The highest BCUT2D eigenvalue weighted by Gasteiger charge is 2.14. The van der Waals surface area contributed by atoms with E-state index < -0.39 is 0 Å². The van der Waals surface area contributed by atoms with Crippen LogP contribution in [0, 0.1) is 6.92 Å². The first kappa shape index (κ1) is 12.9. The molecule has 0 heterocycles. The SMILES string of the molecule is Cc1c(Br)cccc1C(Cl)c1ccc(Cl)cc1. The number of alkyl halides is 1. The summed E-state index contributed by atoms with van der Waals surface area (Å²) in [5, 5.41) is 0.577. The van der Waals surface area contributed by atoms with Crippen LogP contribution in [0.25, 0.3) is 0 Å². The van der Waals surface area contributed by atoms with E-state index in [0.717, 1.165) is 20.6 Å². The molecule has 17 heavy (non-hydrogen) atoms. The van der Waals surface area contributed by atoms with E-state index in [4.69, 9.17) is 23.2 Å². The summed E-state index contributed by atoms with van der Waals surface area (Å²) >= 11 is 15.9. The topological polar surface area (TPSA) is 0 Å². The Morgan fingerprint density at radius 3 is 2.35 bits per heavy atom. The monoisotopic (exact) mass is 328 g/mol. The lowest BCUT2D eigenvalue weighted by Crippen LogP contribution is -1.96. The molecular weight excluding hydrogens is 319 g/mol. The molecule has 0 saturated heterocycles. The molecule has 0 bridgehead atoms. The minimum Gasteiger partial charge on any atom is -0.113 e. The molecule has 2 aromatic carbocycles. The number of hydrogen-bond donors (Lipinski definition) is 0. The van der Waals surface area contributed by atoms with Crippen LogP contribution in [0.2, 0.25) is 5.02 Å². The van der Waals surface area contributed by atoms with Gasteiger partial charge in [0, 0.05) is 9.50 Å². The molecule has 2 rings (SSSR count). The number of benzene rings is 2. The Morgan fingerprint density at radius 1 is 1.06 bits per heavy atom. The highest BCUT2D eigenvalue weighted by molar-refractivity contribution is 9.10. The van der Waals surface area contributed by atoms with Gasteiger partial charge in [0.25, 0.3) is 0 Å². The van der Waals surface area contributed by atoms with Crippen molar-refractivity contribution < 1.29 is 0 Å². The van der Waals surface area contributed by atoms with Gasteiger partial charge in [-0.25, -0.2) is 0 Å². The third kappa shape index (κ3) is 2.85. The summed E-state index contributed by atoms with van der Waals surface area (Å²) in [6.45, 7) is 2.06. The normalized spacial score (nSPS) is 12.5. The van der Waals surface area contributed by atoms with Gasteiger partial charge in [-0.05, 0) is 41.8 Å². The van der Waals surface area contributed by atoms with Crippen LogP contribution in [0.3, 0.4) is 0 Å². The summed E-state index contributed by atoms with van der Waals surface area (Å²) in [6, 6.07) is 13.7. The smallest absolute Gasteiger partial charge is 0.0838 e. The van der Waals surface area contributed by atoms with Crippen molar-refractivity contribution in [2.24, 2.45) is 0 Å². The van der Waals surface area contributed by atoms with Crippen LogP contribution < -0.4 is 0 Å². The molecule has 0 nitrogen and oxygen atoms in total. The second-order valence-corrected chi connectivity index (χ2v) is 5.60. The van der Waals surface area contributed by atoms with Crippen molar-refractivity contribution in [1.82, 2.24) is 0 Å². The van der Waals surface area contributed by atoms with E-state index in [9.17, 15) is 0 Å². The van der Waals surface area contributed by atoms with E-state index in [1.165, 1.54) is 5.56 Å². The third-order valence-electron chi connectivity index (χ3n) is 2.75. The van der Waals surface area contributed by atoms with Crippen LogP contribution in [0.15, 0.2) is 46.9 Å². The lowest BCUT2D eigenvalue weighted by atomic mass is 10.0.